The van der Waals surface area contributed by atoms with E-state index in [1.54, 1.807) is 11.5 Å². The van der Waals surface area contributed by atoms with E-state index in [1.165, 1.54) is 11.4 Å². The van der Waals surface area contributed by atoms with Crippen LogP contribution in [0.2, 0.25) is 0 Å². The molecule has 0 aliphatic carbocycles. The molecule has 0 spiro atoms. The Morgan fingerprint density at radius 2 is 2.06 bits per heavy atom. The molecule has 2 atom stereocenters. The van der Waals surface area contributed by atoms with E-state index in [-0.39, 0.29) is 0 Å². The first-order valence-electron chi connectivity index (χ1n) is 6.28. The van der Waals surface area contributed by atoms with Crippen LogP contribution in [0.5, 0.6) is 0 Å². The highest BCUT2D eigenvalue weighted by molar-refractivity contribution is 7.05. The van der Waals surface area contributed by atoms with Crippen molar-refractivity contribution in [1.29, 1.82) is 0 Å². The van der Waals surface area contributed by atoms with Crippen LogP contribution in [0.3, 0.4) is 0 Å². The standard InChI is InChI=1S/C12H23N3S/c1-5-8-13-10(6-2)9(4)12-14-11(7-3)15-16-12/h9-10,13H,5-8H2,1-4H3. The molecule has 4 heteroatoms. The Bertz CT molecular complexity index is 298. The van der Waals surface area contributed by atoms with Gasteiger partial charge in [-0.1, -0.05) is 27.7 Å². The second kappa shape index (κ2) is 6.97. The molecule has 2 unspecified atom stereocenters. The lowest BCUT2D eigenvalue weighted by Gasteiger charge is -2.21. The fraction of sp³-hybridized carbons (Fsp3) is 0.833. The van der Waals surface area contributed by atoms with Gasteiger partial charge in [-0.15, -0.1) is 0 Å². The fourth-order valence-electron chi connectivity index (χ4n) is 1.77. The maximum atomic E-state index is 4.57. The molecule has 0 fully saturated rings. The molecule has 1 N–H and O–H groups in total. The Kier molecular flexibility index (Phi) is 5.91. The Morgan fingerprint density at radius 3 is 2.56 bits per heavy atom. The Hall–Kier alpha value is -0.480. The molecule has 1 rings (SSSR count). The summed E-state index contributed by atoms with van der Waals surface area (Å²) in [6.07, 6.45) is 3.25. The van der Waals surface area contributed by atoms with Crippen LogP contribution in [0.1, 0.15) is 57.3 Å². The smallest absolute Gasteiger partial charge is 0.142 e. The molecule has 1 heterocycles. The van der Waals surface area contributed by atoms with Gasteiger partial charge in [0.05, 0.1) is 0 Å². The highest BCUT2D eigenvalue weighted by Crippen LogP contribution is 2.22. The molecule has 3 nitrogen and oxygen atoms in total. The summed E-state index contributed by atoms with van der Waals surface area (Å²) in [5.41, 5.74) is 0. The van der Waals surface area contributed by atoms with Crippen molar-refractivity contribution >= 4 is 11.5 Å². The Balaban J connectivity index is 2.62. The Labute approximate surface area is 103 Å². The summed E-state index contributed by atoms with van der Waals surface area (Å²) in [6, 6.07) is 0.526. The molecule has 0 saturated carbocycles. The van der Waals surface area contributed by atoms with Crippen LogP contribution in [0.25, 0.3) is 0 Å². The first kappa shape index (κ1) is 13.6. The lowest BCUT2D eigenvalue weighted by molar-refractivity contribution is 0.437. The topological polar surface area (TPSA) is 37.8 Å². The van der Waals surface area contributed by atoms with Crippen molar-refractivity contribution in [2.45, 2.75) is 58.9 Å². The lowest BCUT2D eigenvalue weighted by Crippen LogP contribution is -2.33. The van der Waals surface area contributed by atoms with Crippen molar-refractivity contribution < 1.29 is 0 Å². The molecule has 1 aromatic heterocycles. The quantitative estimate of drug-likeness (QED) is 0.797. The van der Waals surface area contributed by atoms with Crippen molar-refractivity contribution in [2.24, 2.45) is 0 Å². The van der Waals surface area contributed by atoms with E-state index in [4.69, 9.17) is 0 Å². The maximum Gasteiger partial charge on any atom is 0.142 e. The molecular weight excluding hydrogens is 218 g/mol. The fourth-order valence-corrected chi connectivity index (χ4v) is 2.62. The summed E-state index contributed by atoms with van der Waals surface area (Å²) < 4.78 is 4.36. The molecule has 0 aromatic carbocycles. The number of hydrogen-bond acceptors (Lipinski definition) is 4. The highest BCUT2D eigenvalue weighted by Gasteiger charge is 2.19. The van der Waals surface area contributed by atoms with Crippen LogP contribution < -0.4 is 5.32 Å². The average molecular weight is 241 g/mol. The maximum absolute atomic E-state index is 4.57. The van der Waals surface area contributed by atoms with E-state index in [0.717, 1.165) is 25.2 Å². The molecule has 0 bridgehead atoms. The van der Waals surface area contributed by atoms with Crippen molar-refractivity contribution in [2.75, 3.05) is 6.54 Å². The molecule has 0 aliphatic rings. The zero-order valence-corrected chi connectivity index (χ0v) is 11.6. The summed E-state index contributed by atoms with van der Waals surface area (Å²) in [5.74, 6) is 1.45. The minimum absolute atomic E-state index is 0.467. The predicted molar refractivity (Wildman–Crippen MR) is 70.1 cm³/mol. The van der Waals surface area contributed by atoms with Gasteiger partial charge in [-0.3, -0.25) is 0 Å². The molecule has 16 heavy (non-hydrogen) atoms. The third-order valence-electron chi connectivity index (χ3n) is 2.89. The number of hydrogen-bond donors (Lipinski definition) is 1. The minimum atomic E-state index is 0.467. The van der Waals surface area contributed by atoms with Gasteiger partial charge >= 0.3 is 0 Å². The number of aromatic nitrogens is 2. The van der Waals surface area contributed by atoms with Gasteiger partial charge < -0.3 is 5.32 Å². The van der Waals surface area contributed by atoms with E-state index >= 15 is 0 Å². The van der Waals surface area contributed by atoms with Gasteiger partial charge in [-0.2, -0.15) is 4.37 Å². The Morgan fingerprint density at radius 1 is 1.31 bits per heavy atom. The summed E-state index contributed by atoms with van der Waals surface area (Å²) in [7, 11) is 0. The molecule has 1 aromatic rings. The summed E-state index contributed by atoms with van der Waals surface area (Å²) >= 11 is 1.56. The number of nitrogens with one attached hydrogen (secondary N) is 1. The summed E-state index contributed by atoms with van der Waals surface area (Å²) in [4.78, 5) is 4.57. The van der Waals surface area contributed by atoms with Gasteiger partial charge in [0.15, 0.2) is 0 Å². The minimum Gasteiger partial charge on any atom is -0.313 e. The van der Waals surface area contributed by atoms with Crippen molar-refractivity contribution in [1.82, 2.24) is 14.7 Å². The number of rotatable bonds is 7. The zero-order chi connectivity index (χ0) is 12.0. The average Bonchev–Trinajstić information content (AvgIpc) is 2.78. The van der Waals surface area contributed by atoms with E-state index in [2.05, 4.69) is 42.4 Å². The van der Waals surface area contributed by atoms with Crippen molar-refractivity contribution in [3.63, 3.8) is 0 Å². The molecule has 0 radical (unpaired) electrons. The largest absolute Gasteiger partial charge is 0.313 e. The molecule has 92 valence electrons. The molecule has 0 saturated heterocycles. The molecule has 0 amide bonds. The van der Waals surface area contributed by atoms with E-state index in [0.29, 0.717) is 12.0 Å². The SMILES string of the molecule is CCCNC(CC)C(C)c1nc(CC)ns1. The third-order valence-corrected chi connectivity index (χ3v) is 3.84. The first-order valence-corrected chi connectivity index (χ1v) is 7.06. The summed E-state index contributed by atoms with van der Waals surface area (Å²) in [5, 5.41) is 4.76. The van der Waals surface area contributed by atoms with Gasteiger partial charge in [0.25, 0.3) is 0 Å². The molecular formula is C12H23N3S. The summed E-state index contributed by atoms with van der Waals surface area (Å²) in [6.45, 7) is 9.86. The second-order valence-corrected chi connectivity index (χ2v) is 4.94. The first-order chi connectivity index (χ1) is 7.72. The van der Waals surface area contributed by atoms with Crippen LogP contribution in [0.4, 0.5) is 0 Å². The van der Waals surface area contributed by atoms with Crippen molar-refractivity contribution in [3.05, 3.63) is 10.8 Å². The molecule has 0 aliphatic heterocycles. The third kappa shape index (κ3) is 3.52. The lowest BCUT2D eigenvalue weighted by atomic mass is 10.0. The van der Waals surface area contributed by atoms with E-state index < -0.39 is 0 Å². The highest BCUT2D eigenvalue weighted by atomic mass is 32.1. The monoisotopic (exact) mass is 241 g/mol. The van der Waals surface area contributed by atoms with Crippen LogP contribution >= 0.6 is 11.5 Å². The van der Waals surface area contributed by atoms with E-state index in [1.807, 2.05) is 0 Å². The zero-order valence-electron chi connectivity index (χ0n) is 10.8. The van der Waals surface area contributed by atoms with Crippen LogP contribution in [-0.2, 0) is 6.42 Å². The second-order valence-electron chi connectivity index (χ2n) is 4.16. The van der Waals surface area contributed by atoms with Crippen molar-refractivity contribution in [3.8, 4) is 0 Å². The van der Waals surface area contributed by atoms with Gasteiger partial charge in [0.1, 0.15) is 10.8 Å². The van der Waals surface area contributed by atoms with Gasteiger partial charge in [0, 0.05) is 18.4 Å². The normalized spacial score (nSPS) is 15.0. The van der Waals surface area contributed by atoms with E-state index in [9.17, 15) is 0 Å². The number of aryl methyl sites for hydroxylation is 1. The van der Waals surface area contributed by atoms with Crippen LogP contribution in [0, 0.1) is 0 Å². The van der Waals surface area contributed by atoms with Gasteiger partial charge in [-0.05, 0) is 30.9 Å². The predicted octanol–water partition coefficient (Wildman–Crippen LogP) is 2.98. The van der Waals surface area contributed by atoms with Gasteiger partial charge in [-0.25, -0.2) is 4.98 Å². The van der Waals surface area contributed by atoms with Gasteiger partial charge in [0.2, 0.25) is 0 Å². The van der Waals surface area contributed by atoms with Crippen LogP contribution in [-0.4, -0.2) is 21.9 Å². The van der Waals surface area contributed by atoms with Crippen LogP contribution in [0.15, 0.2) is 0 Å². The number of nitrogens with zero attached hydrogens (tertiary/aromatic N) is 2.